The Kier molecular flexibility index (Phi) is 7.12. The summed E-state index contributed by atoms with van der Waals surface area (Å²) >= 11 is 3.15. The van der Waals surface area contributed by atoms with Gasteiger partial charge in [0, 0.05) is 41.5 Å². The first-order valence-electron chi connectivity index (χ1n) is 10.7. The molecule has 1 N–H and O–H groups in total. The molecular formula is C24H26N4O2S2. The van der Waals surface area contributed by atoms with Crippen molar-refractivity contribution in [2.75, 3.05) is 6.54 Å². The highest BCUT2D eigenvalue weighted by atomic mass is 32.1. The largest absolute Gasteiger partial charge is 0.356 e. The molecule has 3 heterocycles. The van der Waals surface area contributed by atoms with E-state index in [1.54, 1.807) is 17.7 Å². The van der Waals surface area contributed by atoms with Crippen molar-refractivity contribution < 1.29 is 4.79 Å². The minimum absolute atomic E-state index is 0.0498. The Balaban J connectivity index is 1.32. The first kappa shape index (κ1) is 22.4. The number of amides is 1. The molecule has 8 heteroatoms. The summed E-state index contributed by atoms with van der Waals surface area (Å²) in [5.41, 5.74) is 4.04. The number of hydrogen-bond donors (Lipinski definition) is 1. The van der Waals surface area contributed by atoms with Gasteiger partial charge in [0.25, 0.3) is 5.56 Å². The first-order chi connectivity index (χ1) is 15.5. The van der Waals surface area contributed by atoms with Crippen LogP contribution in [0.1, 0.15) is 35.5 Å². The number of aryl methyl sites for hydroxylation is 4. The lowest BCUT2D eigenvalue weighted by Gasteiger charge is -2.08. The van der Waals surface area contributed by atoms with Gasteiger partial charge in [-0.3, -0.25) is 14.2 Å². The number of benzene rings is 1. The monoisotopic (exact) mass is 466 g/mol. The van der Waals surface area contributed by atoms with Gasteiger partial charge in [-0.25, -0.2) is 9.97 Å². The fourth-order valence-corrected chi connectivity index (χ4v) is 5.25. The molecule has 0 spiro atoms. The van der Waals surface area contributed by atoms with Gasteiger partial charge < -0.3 is 5.32 Å². The first-order valence-corrected chi connectivity index (χ1v) is 12.5. The van der Waals surface area contributed by atoms with Crippen molar-refractivity contribution in [1.29, 1.82) is 0 Å². The zero-order valence-corrected chi connectivity index (χ0v) is 19.9. The Labute approximate surface area is 195 Å². The molecule has 6 nitrogen and oxygen atoms in total. The number of nitrogens with zero attached hydrogens (tertiary/aromatic N) is 3. The fourth-order valence-electron chi connectivity index (χ4n) is 3.53. The van der Waals surface area contributed by atoms with E-state index in [0.717, 1.165) is 45.9 Å². The Morgan fingerprint density at radius 2 is 1.91 bits per heavy atom. The predicted molar refractivity (Wildman–Crippen MR) is 131 cm³/mol. The summed E-state index contributed by atoms with van der Waals surface area (Å²) in [6, 6.07) is 8.12. The molecule has 0 saturated carbocycles. The molecule has 166 valence electrons. The third kappa shape index (κ3) is 5.31. The van der Waals surface area contributed by atoms with Gasteiger partial charge in [-0.05, 0) is 38.7 Å². The van der Waals surface area contributed by atoms with E-state index < -0.39 is 0 Å². The number of carbonyl (C=O) groups excluding carboxylic acids is 1. The van der Waals surface area contributed by atoms with E-state index in [1.807, 2.05) is 43.5 Å². The summed E-state index contributed by atoms with van der Waals surface area (Å²) in [6.07, 6.45) is 4.64. The smallest absolute Gasteiger partial charge is 0.262 e. The minimum atomic E-state index is -0.0987. The van der Waals surface area contributed by atoms with Crippen molar-refractivity contribution in [3.05, 3.63) is 68.0 Å². The van der Waals surface area contributed by atoms with Gasteiger partial charge in [0.2, 0.25) is 5.91 Å². The quantitative estimate of drug-likeness (QED) is 0.362. The molecule has 32 heavy (non-hydrogen) atoms. The van der Waals surface area contributed by atoms with Crippen molar-refractivity contribution in [3.63, 3.8) is 0 Å². The van der Waals surface area contributed by atoms with Gasteiger partial charge in [-0.15, -0.1) is 22.7 Å². The van der Waals surface area contributed by atoms with Crippen molar-refractivity contribution in [2.45, 2.75) is 46.1 Å². The third-order valence-corrected chi connectivity index (χ3v) is 7.22. The maximum atomic E-state index is 13.1. The van der Waals surface area contributed by atoms with E-state index in [-0.39, 0.29) is 17.9 Å². The molecule has 1 aromatic carbocycles. The normalized spacial score (nSPS) is 11.2. The number of fused-ring (bicyclic) bond motifs is 1. The van der Waals surface area contributed by atoms with Crippen molar-refractivity contribution in [1.82, 2.24) is 19.9 Å². The second kappa shape index (κ2) is 10.2. The molecule has 1 amide bonds. The van der Waals surface area contributed by atoms with Crippen LogP contribution < -0.4 is 10.9 Å². The Bertz CT molecular complexity index is 1270. The van der Waals surface area contributed by atoms with E-state index in [4.69, 9.17) is 0 Å². The minimum Gasteiger partial charge on any atom is -0.356 e. The molecule has 3 aromatic heterocycles. The average Bonchev–Trinajstić information content (AvgIpc) is 3.40. The van der Waals surface area contributed by atoms with Crippen molar-refractivity contribution in [3.8, 4) is 11.1 Å². The van der Waals surface area contributed by atoms with Crippen LogP contribution in [-0.2, 0) is 17.8 Å². The van der Waals surface area contributed by atoms with Crippen LogP contribution in [0.15, 0.2) is 46.1 Å². The number of aromatic nitrogens is 3. The van der Waals surface area contributed by atoms with Crippen LogP contribution in [0.2, 0.25) is 0 Å². The summed E-state index contributed by atoms with van der Waals surface area (Å²) < 4.78 is 1.54. The summed E-state index contributed by atoms with van der Waals surface area (Å²) in [5.74, 6) is -0.0498. The van der Waals surface area contributed by atoms with E-state index in [0.29, 0.717) is 18.5 Å². The van der Waals surface area contributed by atoms with Crippen LogP contribution in [0.3, 0.4) is 0 Å². The molecule has 0 unspecified atom stereocenters. The van der Waals surface area contributed by atoms with Gasteiger partial charge >= 0.3 is 0 Å². The van der Waals surface area contributed by atoms with Crippen molar-refractivity contribution >= 4 is 38.8 Å². The zero-order valence-electron chi connectivity index (χ0n) is 18.3. The highest BCUT2D eigenvalue weighted by Crippen LogP contribution is 2.30. The fraction of sp³-hybridized carbons (Fsp3) is 0.333. The number of hydrogen-bond acceptors (Lipinski definition) is 6. The third-order valence-electron chi connectivity index (χ3n) is 5.31. The van der Waals surface area contributed by atoms with Gasteiger partial charge in [0.1, 0.15) is 4.83 Å². The molecule has 0 aliphatic carbocycles. The molecule has 0 bridgehead atoms. The average molecular weight is 467 g/mol. The lowest BCUT2D eigenvalue weighted by atomic mass is 10.1. The molecule has 0 radical (unpaired) electrons. The van der Waals surface area contributed by atoms with E-state index >= 15 is 0 Å². The lowest BCUT2D eigenvalue weighted by Crippen LogP contribution is -2.28. The van der Waals surface area contributed by atoms with Crippen LogP contribution >= 0.6 is 22.7 Å². The standard InChI is InChI=1S/C24H26N4O2S2/c1-16-6-8-18(9-7-16)19-14-32-23-22(19)24(30)28(15-26-23)12-10-20(29)25-11-4-3-5-21-27-17(2)13-31-21/h6-9,13-15H,3-5,10-12H2,1-2H3,(H,25,29). The van der Waals surface area contributed by atoms with Crippen LogP contribution in [0.5, 0.6) is 0 Å². The van der Waals surface area contributed by atoms with E-state index in [1.165, 1.54) is 21.5 Å². The maximum Gasteiger partial charge on any atom is 0.262 e. The second-order valence-corrected chi connectivity index (χ2v) is 9.68. The number of carbonyl (C=O) groups is 1. The number of rotatable bonds is 9. The van der Waals surface area contributed by atoms with E-state index in [9.17, 15) is 9.59 Å². The number of unbranched alkanes of at least 4 members (excludes halogenated alkanes) is 1. The highest BCUT2D eigenvalue weighted by Gasteiger charge is 2.14. The second-order valence-electron chi connectivity index (χ2n) is 7.88. The van der Waals surface area contributed by atoms with Gasteiger partial charge in [-0.2, -0.15) is 0 Å². The van der Waals surface area contributed by atoms with Crippen LogP contribution in [0.25, 0.3) is 21.3 Å². The maximum absolute atomic E-state index is 13.1. The number of thiophene rings is 1. The molecular weight excluding hydrogens is 440 g/mol. The van der Waals surface area contributed by atoms with E-state index in [2.05, 4.69) is 20.7 Å². The van der Waals surface area contributed by atoms with Gasteiger partial charge in [0.05, 0.1) is 16.7 Å². The Hall–Kier alpha value is -2.84. The summed E-state index contributed by atoms with van der Waals surface area (Å²) in [4.78, 5) is 35.0. The van der Waals surface area contributed by atoms with Crippen molar-refractivity contribution in [2.24, 2.45) is 0 Å². The van der Waals surface area contributed by atoms with Crippen LogP contribution in [-0.4, -0.2) is 27.0 Å². The van der Waals surface area contributed by atoms with Gasteiger partial charge in [0.15, 0.2) is 0 Å². The summed E-state index contributed by atoms with van der Waals surface area (Å²) in [6.45, 7) is 4.99. The molecule has 0 saturated heterocycles. The molecule has 0 aliphatic rings. The van der Waals surface area contributed by atoms with Crippen LogP contribution in [0.4, 0.5) is 0 Å². The topological polar surface area (TPSA) is 76.9 Å². The SMILES string of the molecule is Cc1ccc(-c2csc3ncn(CCC(=O)NCCCCc4nc(C)cs4)c(=O)c23)cc1. The molecule has 0 fully saturated rings. The summed E-state index contributed by atoms with van der Waals surface area (Å²) in [5, 5.41) is 8.76. The highest BCUT2D eigenvalue weighted by molar-refractivity contribution is 7.17. The molecule has 0 aliphatic heterocycles. The Morgan fingerprint density at radius 1 is 1.09 bits per heavy atom. The summed E-state index contributed by atoms with van der Waals surface area (Å²) in [7, 11) is 0. The van der Waals surface area contributed by atoms with Gasteiger partial charge in [-0.1, -0.05) is 29.8 Å². The Morgan fingerprint density at radius 3 is 2.66 bits per heavy atom. The number of nitrogens with one attached hydrogen (secondary N) is 1. The number of thiazole rings is 1. The zero-order chi connectivity index (χ0) is 22.5. The lowest BCUT2D eigenvalue weighted by molar-refractivity contribution is -0.121. The molecule has 4 rings (SSSR count). The van der Waals surface area contributed by atoms with Crippen LogP contribution in [0, 0.1) is 13.8 Å². The molecule has 4 aromatic rings. The predicted octanol–water partition coefficient (Wildman–Crippen LogP) is 4.73. The molecule has 0 atom stereocenters.